The number of rotatable bonds is 8. The molecule has 0 aliphatic carbocycles. The van der Waals surface area contributed by atoms with E-state index in [1.807, 2.05) is 6.92 Å². The third-order valence-electron chi connectivity index (χ3n) is 3.16. The number of amides is 1. The van der Waals surface area contributed by atoms with Gasteiger partial charge in [-0.1, -0.05) is 0 Å². The molecule has 0 saturated carbocycles. The highest BCUT2D eigenvalue weighted by atomic mass is 16.5. The predicted molar refractivity (Wildman–Crippen MR) is 82.4 cm³/mol. The number of methoxy groups -OCH3 is 2. The largest absolute Gasteiger partial charge is 0.497 e. The molecule has 0 aliphatic rings. The fourth-order valence-electron chi connectivity index (χ4n) is 1.98. The molecule has 0 aliphatic heterocycles. The Morgan fingerprint density at radius 3 is 2.09 bits per heavy atom. The van der Waals surface area contributed by atoms with Gasteiger partial charge in [0.2, 0.25) is 0 Å². The molecule has 0 heterocycles. The van der Waals surface area contributed by atoms with Crippen molar-refractivity contribution in [3.05, 3.63) is 23.8 Å². The number of hydrogen-bond acceptors (Lipinski definition) is 5. The van der Waals surface area contributed by atoms with Crippen LogP contribution in [0.3, 0.4) is 0 Å². The van der Waals surface area contributed by atoms with Gasteiger partial charge in [0.1, 0.15) is 11.5 Å². The van der Waals surface area contributed by atoms with Crippen LogP contribution in [-0.4, -0.2) is 50.7 Å². The van der Waals surface area contributed by atoms with Crippen molar-refractivity contribution in [1.82, 2.24) is 4.90 Å². The van der Waals surface area contributed by atoms with Crippen LogP contribution in [-0.2, 0) is 9.53 Å². The Kier molecular flexibility index (Phi) is 7.22. The normalized spacial score (nSPS) is 10.0. The zero-order chi connectivity index (χ0) is 16.5. The van der Waals surface area contributed by atoms with Crippen LogP contribution in [0.25, 0.3) is 0 Å². The predicted octanol–water partition coefficient (Wildman–Crippen LogP) is 2.12. The second-order valence-electron chi connectivity index (χ2n) is 4.54. The Morgan fingerprint density at radius 1 is 1.05 bits per heavy atom. The Labute approximate surface area is 131 Å². The highest BCUT2D eigenvalue weighted by Crippen LogP contribution is 2.23. The number of esters is 1. The average Bonchev–Trinajstić information content (AvgIpc) is 2.54. The van der Waals surface area contributed by atoms with Crippen molar-refractivity contribution in [1.29, 1.82) is 0 Å². The lowest BCUT2D eigenvalue weighted by molar-refractivity contribution is -0.143. The van der Waals surface area contributed by atoms with Crippen molar-refractivity contribution in [2.75, 3.05) is 33.9 Å². The maximum atomic E-state index is 12.5. The Hall–Kier alpha value is -2.24. The molecule has 0 saturated heterocycles. The molecule has 122 valence electrons. The lowest BCUT2D eigenvalue weighted by atomic mass is 10.1. The fraction of sp³-hybridized carbons (Fsp3) is 0.500. The van der Waals surface area contributed by atoms with E-state index in [9.17, 15) is 9.59 Å². The summed E-state index contributed by atoms with van der Waals surface area (Å²) >= 11 is 0. The van der Waals surface area contributed by atoms with Crippen LogP contribution < -0.4 is 9.47 Å². The van der Waals surface area contributed by atoms with Gasteiger partial charge in [-0.25, -0.2) is 0 Å². The smallest absolute Gasteiger partial charge is 0.307 e. The van der Waals surface area contributed by atoms with Gasteiger partial charge in [0.25, 0.3) is 5.91 Å². The molecule has 0 radical (unpaired) electrons. The van der Waals surface area contributed by atoms with E-state index in [1.54, 1.807) is 30.0 Å². The monoisotopic (exact) mass is 309 g/mol. The van der Waals surface area contributed by atoms with E-state index >= 15 is 0 Å². The summed E-state index contributed by atoms with van der Waals surface area (Å²) in [4.78, 5) is 25.6. The third kappa shape index (κ3) is 4.95. The molecule has 0 atom stereocenters. The van der Waals surface area contributed by atoms with Gasteiger partial charge in [0.15, 0.2) is 0 Å². The summed E-state index contributed by atoms with van der Waals surface area (Å²) in [6.45, 7) is 4.76. The van der Waals surface area contributed by atoms with Crippen molar-refractivity contribution >= 4 is 11.9 Å². The van der Waals surface area contributed by atoms with Crippen LogP contribution in [0.2, 0.25) is 0 Å². The first-order valence-corrected chi connectivity index (χ1v) is 7.23. The Morgan fingerprint density at radius 2 is 1.64 bits per heavy atom. The molecular formula is C16H23NO5. The van der Waals surface area contributed by atoms with Crippen LogP contribution in [0.5, 0.6) is 11.5 Å². The SMILES string of the molecule is CCOC(=O)CCN(CC)C(=O)c1cc(OC)cc(OC)c1. The minimum absolute atomic E-state index is 0.175. The fourth-order valence-corrected chi connectivity index (χ4v) is 1.98. The van der Waals surface area contributed by atoms with Crippen LogP contribution in [0, 0.1) is 0 Å². The maximum Gasteiger partial charge on any atom is 0.307 e. The van der Waals surface area contributed by atoms with Crippen LogP contribution in [0.15, 0.2) is 18.2 Å². The zero-order valence-electron chi connectivity index (χ0n) is 13.5. The number of carbonyl (C=O) groups excluding carboxylic acids is 2. The Balaban J connectivity index is 2.84. The van der Waals surface area contributed by atoms with Crippen LogP contribution in [0.1, 0.15) is 30.6 Å². The van der Waals surface area contributed by atoms with Gasteiger partial charge in [-0.3, -0.25) is 9.59 Å². The van der Waals surface area contributed by atoms with E-state index < -0.39 is 0 Å². The van der Waals surface area contributed by atoms with Crippen LogP contribution in [0.4, 0.5) is 0 Å². The van der Waals surface area contributed by atoms with Gasteiger partial charge in [0.05, 0.1) is 27.2 Å². The van der Waals surface area contributed by atoms with Gasteiger partial charge >= 0.3 is 5.97 Å². The molecule has 1 aromatic rings. The molecule has 22 heavy (non-hydrogen) atoms. The number of ether oxygens (including phenoxy) is 3. The molecule has 0 bridgehead atoms. The molecule has 6 heteroatoms. The summed E-state index contributed by atoms with van der Waals surface area (Å²) in [6.07, 6.45) is 0.175. The van der Waals surface area contributed by atoms with Gasteiger partial charge in [0, 0.05) is 24.7 Å². The minimum atomic E-state index is -0.308. The quantitative estimate of drug-likeness (QED) is 0.688. The zero-order valence-corrected chi connectivity index (χ0v) is 13.5. The summed E-state index contributed by atoms with van der Waals surface area (Å²) in [6, 6.07) is 5.00. The molecule has 0 fully saturated rings. The molecule has 0 spiro atoms. The molecule has 0 aromatic heterocycles. The van der Waals surface area contributed by atoms with Crippen molar-refractivity contribution in [3.63, 3.8) is 0 Å². The number of hydrogen-bond donors (Lipinski definition) is 0. The topological polar surface area (TPSA) is 65.1 Å². The van der Waals surface area contributed by atoms with Gasteiger partial charge in [-0.15, -0.1) is 0 Å². The lowest BCUT2D eigenvalue weighted by Crippen LogP contribution is -2.33. The molecule has 1 aromatic carbocycles. The first-order valence-electron chi connectivity index (χ1n) is 7.23. The molecule has 1 rings (SSSR count). The summed E-state index contributed by atoms with van der Waals surface area (Å²) in [5.41, 5.74) is 0.460. The van der Waals surface area contributed by atoms with Gasteiger partial charge in [-0.2, -0.15) is 0 Å². The standard InChI is InChI=1S/C16H23NO5/c1-5-17(8-7-15(18)22-6-2)16(19)12-9-13(20-3)11-14(10-12)21-4/h9-11H,5-8H2,1-4H3. The van der Waals surface area contributed by atoms with E-state index in [2.05, 4.69) is 0 Å². The summed E-state index contributed by atoms with van der Waals surface area (Å²) < 4.78 is 15.2. The third-order valence-corrected chi connectivity index (χ3v) is 3.16. The molecule has 0 N–H and O–H groups in total. The van der Waals surface area contributed by atoms with Gasteiger partial charge in [-0.05, 0) is 26.0 Å². The van der Waals surface area contributed by atoms with Gasteiger partial charge < -0.3 is 19.1 Å². The van der Waals surface area contributed by atoms with E-state index in [4.69, 9.17) is 14.2 Å². The van der Waals surface area contributed by atoms with E-state index in [1.165, 1.54) is 14.2 Å². The van der Waals surface area contributed by atoms with Crippen LogP contribution >= 0.6 is 0 Å². The highest BCUT2D eigenvalue weighted by Gasteiger charge is 2.17. The first kappa shape index (κ1) is 17.8. The van der Waals surface area contributed by atoms with Crippen molar-refractivity contribution in [2.45, 2.75) is 20.3 Å². The van der Waals surface area contributed by atoms with E-state index in [0.717, 1.165) is 0 Å². The molecule has 6 nitrogen and oxygen atoms in total. The maximum absolute atomic E-state index is 12.5. The lowest BCUT2D eigenvalue weighted by Gasteiger charge is -2.21. The molecule has 1 amide bonds. The summed E-state index contributed by atoms with van der Waals surface area (Å²) in [5, 5.41) is 0. The summed E-state index contributed by atoms with van der Waals surface area (Å²) in [7, 11) is 3.06. The number of nitrogens with zero attached hydrogens (tertiary/aromatic N) is 1. The first-order chi connectivity index (χ1) is 10.5. The van der Waals surface area contributed by atoms with Crippen molar-refractivity contribution in [3.8, 4) is 11.5 Å². The van der Waals surface area contributed by atoms with E-state index in [0.29, 0.717) is 36.8 Å². The molecular weight excluding hydrogens is 286 g/mol. The highest BCUT2D eigenvalue weighted by molar-refractivity contribution is 5.95. The Bertz CT molecular complexity index is 493. The number of benzene rings is 1. The second kappa shape index (κ2) is 8.92. The number of carbonyl (C=O) groups is 2. The minimum Gasteiger partial charge on any atom is -0.497 e. The van der Waals surface area contributed by atoms with E-state index in [-0.39, 0.29) is 18.3 Å². The van der Waals surface area contributed by atoms with Crippen molar-refractivity contribution < 1.29 is 23.8 Å². The molecule has 0 unspecified atom stereocenters. The average molecular weight is 309 g/mol. The second-order valence-corrected chi connectivity index (χ2v) is 4.54. The summed E-state index contributed by atoms with van der Waals surface area (Å²) in [5.74, 6) is 0.606. The van der Waals surface area contributed by atoms with Crippen molar-refractivity contribution in [2.24, 2.45) is 0 Å².